The first kappa shape index (κ1) is 22.7. The van der Waals surface area contributed by atoms with E-state index in [0.717, 1.165) is 25.4 Å². The third-order valence-electron chi connectivity index (χ3n) is 5.12. The van der Waals surface area contributed by atoms with Gasteiger partial charge in [-0.1, -0.05) is 36.4 Å². The minimum atomic E-state index is -3.86. The van der Waals surface area contributed by atoms with Crippen molar-refractivity contribution >= 4 is 43.2 Å². The fourth-order valence-electron chi connectivity index (χ4n) is 3.53. The number of benzene rings is 3. The molecule has 0 aliphatic heterocycles. The Morgan fingerprint density at radius 3 is 2.34 bits per heavy atom. The Hall–Kier alpha value is -2.52. The van der Waals surface area contributed by atoms with E-state index in [0.29, 0.717) is 11.5 Å². The van der Waals surface area contributed by atoms with E-state index in [-0.39, 0.29) is 4.90 Å². The van der Waals surface area contributed by atoms with Crippen LogP contribution in [0.1, 0.15) is 16.5 Å². The Morgan fingerprint density at radius 2 is 1.62 bits per heavy atom. The first-order chi connectivity index (χ1) is 15.5. The quantitative estimate of drug-likeness (QED) is 0.324. The van der Waals surface area contributed by atoms with Crippen LogP contribution in [0.15, 0.2) is 82.6 Å². The second kappa shape index (κ2) is 9.54. The number of fused-ring (bicyclic) bond motifs is 1. The van der Waals surface area contributed by atoms with Gasteiger partial charge in [-0.15, -0.1) is 23.1 Å². The van der Waals surface area contributed by atoms with Crippen LogP contribution in [0.25, 0.3) is 10.1 Å². The highest BCUT2D eigenvalue weighted by Crippen LogP contribution is 2.38. The molecule has 1 aromatic heterocycles. The van der Waals surface area contributed by atoms with Crippen LogP contribution in [0.2, 0.25) is 0 Å². The van der Waals surface area contributed by atoms with E-state index in [4.69, 9.17) is 9.47 Å². The summed E-state index contributed by atoms with van der Waals surface area (Å²) in [6.45, 7) is 0. The van der Waals surface area contributed by atoms with E-state index in [1.165, 1.54) is 26.4 Å². The predicted molar refractivity (Wildman–Crippen MR) is 132 cm³/mol. The highest BCUT2D eigenvalue weighted by atomic mass is 32.2. The average molecular weight is 486 g/mol. The van der Waals surface area contributed by atoms with Crippen LogP contribution in [0.5, 0.6) is 11.5 Å². The molecule has 0 spiro atoms. The first-order valence-electron chi connectivity index (χ1n) is 9.82. The van der Waals surface area contributed by atoms with Gasteiger partial charge in [0.1, 0.15) is 0 Å². The van der Waals surface area contributed by atoms with Crippen molar-refractivity contribution in [3.63, 3.8) is 0 Å². The predicted octanol–water partition coefficient (Wildman–Crippen LogP) is 5.71. The Balaban J connectivity index is 1.81. The molecule has 1 atom stereocenters. The van der Waals surface area contributed by atoms with Gasteiger partial charge in [0.05, 0.1) is 25.2 Å². The topological polar surface area (TPSA) is 64.6 Å². The number of thioether (sulfide) groups is 1. The number of hydrogen-bond acceptors (Lipinski definition) is 6. The van der Waals surface area contributed by atoms with Crippen molar-refractivity contribution in [3.05, 3.63) is 83.2 Å². The van der Waals surface area contributed by atoms with Gasteiger partial charge in [-0.2, -0.15) is 4.72 Å². The van der Waals surface area contributed by atoms with Crippen LogP contribution < -0.4 is 14.2 Å². The molecule has 0 radical (unpaired) electrons. The van der Waals surface area contributed by atoms with E-state index in [2.05, 4.69) is 10.8 Å². The third kappa shape index (κ3) is 4.49. The normalized spacial score (nSPS) is 12.6. The van der Waals surface area contributed by atoms with E-state index in [1.807, 2.05) is 54.8 Å². The fraction of sp³-hybridized carbons (Fsp3) is 0.167. The van der Waals surface area contributed by atoms with E-state index in [9.17, 15) is 8.42 Å². The van der Waals surface area contributed by atoms with Crippen molar-refractivity contribution in [1.82, 2.24) is 4.72 Å². The molecule has 4 aromatic rings. The van der Waals surface area contributed by atoms with Crippen molar-refractivity contribution < 1.29 is 17.9 Å². The van der Waals surface area contributed by atoms with Crippen molar-refractivity contribution in [2.45, 2.75) is 15.8 Å². The molecule has 4 rings (SSSR count). The van der Waals surface area contributed by atoms with Crippen LogP contribution >= 0.6 is 23.1 Å². The van der Waals surface area contributed by atoms with Crippen LogP contribution in [0.4, 0.5) is 0 Å². The van der Waals surface area contributed by atoms with Crippen molar-refractivity contribution in [1.29, 1.82) is 0 Å². The lowest BCUT2D eigenvalue weighted by Gasteiger charge is -2.21. The standard InChI is InChI=1S/C24H23NO4S3/c1-28-19-13-12-17(15-20(19)29-2)32(26,27)25-24(18-9-5-7-11-22(18)30-3)23-14-16-8-4-6-10-21(16)31-23/h4-15,24-25H,1-3H3. The Kier molecular flexibility index (Phi) is 6.76. The highest BCUT2D eigenvalue weighted by molar-refractivity contribution is 7.98. The van der Waals surface area contributed by atoms with Crippen molar-refractivity contribution in [3.8, 4) is 11.5 Å². The SMILES string of the molecule is COc1ccc(S(=O)(=O)NC(c2cc3ccccc3s2)c2ccccc2SC)cc1OC. The second-order valence-electron chi connectivity index (χ2n) is 7.00. The van der Waals surface area contributed by atoms with Gasteiger partial charge < -0.3 is 9.47 Å². The molecule has 3 aromatic carbocycles. The van der Waals surface area contributed by atoms with E-state index < -0.39 is 16.1 Å². The number of ether oxygens (including phenoxy) is 2. The van der Waals surface area contributed by atoms with Gasteiger partial charge in [0.2, 0.25) is 10.0 Å². The number of nitrogens with one attached hydrogen (secondary N) is 1. The first-order valence-corrected chi connectivity index (χ1v) is 13.3. The van der Waals surface area contributed by atoms with Gasteiger partial charge in [0, 0.05) is 20.5 Å². The van der Waals surface area contributed by atoms with E-state index >= 15 is 0 Å². The summed E-state index contributed by atoms with van der Waals surface area (Å²) >= 11 is 3.18. The fourth-order valence-corrected chi connectivity index (χ4v) is 6.59. The summed E-state index contributed by atoms with van der Waals surface area (Å²) in [6, 6.07) is 22.0. The Bertz CT molecular complexity index is 1320. The molecule has 0 aliphatic carbocycles. The molecule has 0 aliphatic rings. The van der Waals surface area contributed by atoms with E-state index in [1.54, 1.807) is 29.2 Å². The minimum Gasteiger partial charge on any atom is -0.493 e. The molecule has 0 amide bonds. The zero-order valence-electron chi connectivity index (χ0n) is 17.9. The lowest BCUT2D eigenvalue weighted by Crippen LogP contribution is -2.29. The molecule has 166 valence electrons. The third-order valence-corrected chi connectivity index (χ3v) is 8.53. The molecule has 32 heavy (non-hydrogen) atoms. The minimum absolute atomic E-state index is 0.114. The summed E-state index contributed by atoms with van der Waals surface area (Å²) in [6.07, 6.45) is 1.99. The summed E-state index contributed by atoms with van der Waals surface area (Å²) in [5, 5.41) is 1.09. The smallest absolute Gasteiger partial charge is 0.241 e. The lowest BCUT2D eigenvalue weighted by atomic mass is 10.1. The molecule has 1 unspecified atom stereocenters. The monoisotopic (exact) mass is 485 g/mol. The van der Waals surface area contributed by atoms with Crippen LogP contribution in [0, 0.1) is 0 Å². The van der Waals surface area contributed by atoms with Crippen LogP contribution in [-0.2, 0) is 10.0 Å². The molecule has 1 N–H and O–H groups in total. The molecule has 0 bridgehead atoms. The van der Waals surface area contributed by atoms with Gasteiger partial charge in [0.15, 0.2) is 11.5 Å². The molecule has 1 heterocycles. The largest absolute Gasteiger partial charge is 0.493 e. The molecule has 0 saturated carbocycles. The summed E-state index contributed by atoms with van der Waals surface area (Å²) in [7, 11) is -0.866. The number of sulfonamides is 1. The van der Waals surface area contributed by atoms with Crippen molar-refractivity contribution in [2.75, 3.05) is 20.5 Å². The zero-order chi connectivity index (χ0) is 22.7. The zero-order valence-corrected chi connectivity index (χ0v) is 20.3. The summed E-state index contributed by atoms with van der Waals surface area (Å²) in [5.74, 6) is 0.832. The van der Waals surface area contributed by atoms with Gasteiger partial charge in [-0.3, -0.25) is 0 Å². The number of thiophene rings is 1. The summed E-state index contributed by atoms with van der Waals surface area (Å²) in [4.78, 5) is 2.06. The molecule has 5 nitrogen and oxygen atoms in total. The maximum atomic E-state index is 13.5. The Morgan fingerprint density at radius 1 is 0.906 bits per heavy atom. The maximum absolute atomic E-state index is 13.5. The number of methoxy groups -OCH3 is 2. The second-order valence-corrected chi connectivity index (χ2v) is 10.7. The van der Waals surface area contributed by atoms with Gasteiger partial charge in [0.25, 0.3) is 0 Å². The Labute approximate surface area is 196 Å². The van der Waals surface area contributed by atoms with Gasteiger partial charge in [-0.25, -0.2) is 8.42 Å². The highest BCUT2D eigenvalue weighted by Gasteiger charge is 2.27. The summed E-state index contributed by atoms with van der Waals surface area (Å²) in [5.41, 5.74) is 0.913. The van der Waals surface area contributed by atoms with Crippen molar-refractivity contribution in [2.24, 2.45) is 0 Å². The van der Waals surface area contributed by atoms with Crippen LogP contribution in [0.3, 0.4) is 0 Å². The molecule has 0 fully saturated rings. The van der Waals surface area contributed by atoms with Gasteiger partial charge in [-0.05, 0) is 47.5 Å². The maximum Gasteiger partial charge on any atom is 0.241 e. The molecular formula is C24H23NO4S3. The lowest BCUT2D eigenvalue weighted by molar-refractivity contribution is 0.354. The average Bonchev–Trinajstić information content (AvgIpc) is 3.26. The van der Waals surface area contributed by atoms with Crippen LogP contribution in [-0.4, -0.2) is 28.9 Å². The molecule has 0 saturated heterocycles. The molecule has 8 heteroatoms. The number of hydrogen-bond donors (Lipinski definition) is 1. The molecular weight excluding hydrogens is 462 g/mol. The van der Waals surface area contributed by atoms with Gasteiger partial charge >= 0.3 is 0 Å². The number of rotatable bonds is 8. The summed E-state index contributed by atoms with van der Waals surface area (Å²) < 4.78 is 41.5.